The largest absolute Gasteiger partial charge is 0.351 e. The number of carbonyl (C=O) groups is 1. The monoisotopic (exact) mass is 453 g/mol. The molecule has 25 heavy (non-hydrogen) atoms. The van der Waals surface area contributed by atoms with Crippen LogP contribution in [0.3, 0.4) is 0 Å². The van der Waals surface area contributed by atoms with Crippen LogP contribution in [0.25, 0.3) is 10.8 Å². The summed E-state index contributed by atoms with van der Waals surface area (Å²) in [6.45, 7) is 5.31. The van der Waals surface area contributed by atoms with E-state index >= 15 is 0 Å². The summed E-state index contributed by atoms with van der Waals surface area (Å²) in [6.07, 6.45) is 1.84. The Hall–Kier alpha value is -1.90. The summed E-state index contributed by atoms with van der Waals surface area (Å²) in [6, 6.07) is 10.3. The van der Waals surface area contributed by atoms with Gasteiger partial charge in [-0.15, -0.1) is 24.0 Å². The fraction of sp³-hybridized carbons (Fsp3) is 0.389. The van der Waals surface area contributed by atoms with Crippen molar-refractivity contribution < 1.29 is 4.79 Å². The Morgan fingerprint density at radius 1 is 1.16 bits per heavy atom. The number of aliphatic imine (C=N–C) groups is 1. The molecule has 6 nitrogen and oxygen atoms in total. The predicted octanol–water partition coefficient (Wildman–Crippen LogP) is 2.09. The standard InChI is InChI=1S/C18H23N5O.HI/c1-14(24)22-9-11-23(12-10-22)18(19-2)21-13-17-16-6-4-3-5-15(16)7-8-20-17;/h3-8H,9-13H2,1-2H3,(H,19,21);1H. The number of guanidine groups is 1. The Morgan fingerprint density at radius 2 is 1.84 bits per heavy atom. The van der Waals surface area contributed by atoms with Crippen LogP contribution in [0.4, 0.5) is 0 Å². The van der Waals surface area contributed by atoms with E-state index in [4.69, 9.17) is 0 Å². The van der Waals surface area contributed by atoms with Crippen molar-refractivity contribution in [1.82, 2.24) is 20.1 Å². The highest BCUT2D eigenvalue weighted by Crippen LogP contribution is 2.16. The van der Waals surface area contributed by atoms with Gasteiger partial charge < -0.3 is 15.1 Å². The van der Waals surface area contributed by atoms with Gasteiger partial charge in [0.15, 0.2) is 5.96 Å². The molecule has 2 heterocycles. The van der Waals surface area contributed by atoms with Gasteiger partial charge in [0.2, 0.25) is 5.91 Å². The highest BCUT2D eigenvalue weighted by molar-refractivity contribution is 14.0. The summed E-state index contributed by atoms with van der Waals surface area (Å²) in [5.41, 5.74) is 1.01. The van der Waals surface area contributed by atoms with Gasteiger partial charge in [-0.3, -0.25) is 14.8 Å². The molecule has 0 spiro atoms. The predicted molar refractivity (Wildman–Crippen MR) is 111 cm³/mol. The zero-order valence-electron chi connectivity index (χ0n) is 14.6. The van der Waals surface area contributed by atoms with Crippen LogP contribution in [0.1, 0.15) is 12.6 Å². The van der Waals surface area contributed by atoms with E-state index in [1.807, 2.05) is 29.3 Å². The molecule has 1 aliphatic heterocycles. The number of hydrogen-bond donors (Lipinski definition) is 1. The quantitative estimate of drug-likeness (QED) is 0.430. The highest BCUT2D eigenvalue weighted by Gasteiger charge is 2.20. The number of nitrogens with one attached hydrogen (secondary N) is 1. The lowest BCUT2D eigenvalue weighted by atomic mass is 10.1. The van der Waals surface area contributed by atoms with Crippen LogP contribution in [-0.4, -0.2) is 59.9 Å². The van der Waals surface area contributed by atoms with E-state index in [0.29, 0.717) is 6.54 Å². The number of amides is 1. The van der Waals surface area contributed by atoms with Gasteiger partial charge in [-0.1, -0.05) is 24.3 Å². The average Bonchev–Trinajstić information content (AvgIpc) is 2.62. The van der Waals surface area contributed by atoms with Crippen molar-refractivity contribution in [2.45, 2.75) is 13.5 Å². The molecule has 1 aromatic heterocycles. The van der Waals surface area contributed by atoms with Crippen molar-refractivity contribution >= 4 is 46.6 Å². The van der Waals surface area contributed by atoms with E-state index in [1.54, 1.807) is 14.0 Å². The summed E-state index contributed by atoms with van der Waals surface area (Å²) in [7, 11) is 1.79. The molecule has 0 bridgehead atoms. The number of pyridine rings is 1. The van der Waals surface area contributed by atoms with Gasteiger partial charge in [-0.25, -0.2) is 0 Å². The molecule has 2 aromatic rings. The Bertz CT molecular complexity index is 751. The Kier molecular flexibility index (Phi) is 6.98. The molecular weight excluding hydrogens is 429 g/mol. The maximum absolute atomic E-state index is 11.4. The summed E-state index contributed by atoms with van der Waals surface area (Å²) in [5.74, 6) is 0.991. The highest BCUT2D eigenvalue weighted by atomic mass is 127. The van der Waals surface area contributed by atoms with E-state index in [1.165, 1.54) is 5.39 Å². The van der Waals surface area contributed by atoms with E-state index in [-0.39, 0.29) is 29.9 Å². The SMILES string of the molecule is CN=C(NCc1nccc2ccccc12)N1CCN(C(C)=O)CC1.I. The Balaban J connectivity index is 0.00000225. The topological polar surface area (TPSA) is 60.8 Å². The molecule has 134 valence electrons. The van der Waals surface area contributed by atoms with E-state index in [9.17, 15) is 4.79 Å². The van der Waals surface area contributed by atoms with Crippen molar-refractivity contribution in [3.05, 3.63) is 42.2 Å². The molecule has 0 saturated carbocycles. The molecule has 1 fully saturated rings. The first-order chi connectivity index (χ1) is 11.7. The maximum atomic E-state index is 11.4. The molecule has 0 radical (unpaired) electrons. The third-order valence-corrected chi connectivity index (χ3v) is 4.41. The van der Waals surface area contributed by atoms with Gasteiger partial charge in [0, 0.05) is 51.7 Å². The molecule has 1 aromatic carbocycles. The molecule has 3 rings (SSSR count). The molecule has 1 amide bonds. The van der Waals surface area contributed by atoms with Gasteiger partial charge >= 0.3 is 0 Å². The third-order valence-electron chi connectivity index (χ3n) is 4.41. The van der Waals surface area contributed by atoms with Crippen LogP contribution < -0.4 is 5.32 Å². The number of piperazine rings is 1. The molecule has 1 N–H and O–H groups in total. The number of carbonyl (C=O) groups excluding carboxylic acids is 1. The first kappa shape index (κ1) is 19.4. The second-order valence-corrected chi connectivity index (χ2v) is 5.87. The number of halogens is 1. The van der Waals surface area contributed by atoms with Crippen molar-refractivity contribution in [2.75, 3.05) is 33.2 Å². The van der Waals surface area contributed by atoms with E-state index in [0.717, 1.165) is 43.2 Å². The van der Waals surface area contributed by atoms with E-state index in [2.05, 4.69) is 32.3 Å². The Labute approximate surface area is 165 Å². The number of fused-ring (bicyclic) bond motifs is 1. The zero-order valence-corrected chi connectivity index (χ0v) is 16.9. The van der Waals surface area contributed by atoms with Crippen LogP contribution in [0, 0.1) is 0 Å². The van der Waals surface area contributed by atoms with Gasteiger partial charge in [0.25, 0.3) is 0 Å². The second-order valence-electron chi connectivity index (χ2n) is 5.87. The van der Waals surface area contributed by atoms with Gasteiger partial charge in [0.05, 0.1) is 12.2 Å². The lowest BCUT2D eigenvalue weighted by molar-refractivity contribution is -0.130. The average molecular weight is 453 g/mol. The van der Waals surface area contributed by atoms with Gasteiger partial charge in [-0.2, -0.15) is 0 Å². The fourth-order valence-electron chi connectivity index (χ4n) is 3.05. The maximum Gasteiger partial charge on any atom is 0.219 e. The smallest absolute Gasteiger partial charge is 0.219 e. The molecule has 7 heteroatoms. The lowest BCUT2D eigenvalue weighted by Crippen LogP contribution is -2.53. The first-order valence-electron chi connectivity index (χ1n) is 8.23. The molecule has 1 aliphatic rings. The summed E-state index contributed by atoms with van der Waals surface area (Å²) in [5, 5.41) is 5.75. The van der Waals surface area contributed by atoms with Gasteiger partial charge in [-0.05, 0) is 11.5 Å². The number of nitrogens with zero attached hydrogens (tertiary/aromatic N) is 4. The summed E-state index contributed by atoms with van der Waals surface area (Å²) < 4.78 is 0. The molecule has 1 saturated heterocycles. The van der Waals surface area contributed by atoms with Crippen LogP contribution in [0.5, 0.6) is 0 Å². The second kappa shape index (κ2) is 8.98. The number of hydrogen-bond acceptors (Lipinski definition) is 3. The van der Waals surface area contributed by atoms with Crippen molar-refractivity contribution in [1.29, 1.82) is 0 Å². The van der Waals surface area contributed by atoms with E-state index < -0.39 is 0 Å². The van der Waals surface area contributed by atoms with Crippen molar-refractivity contribution in [3.63, 3.8) is 0 Å². The van der Waals surface area contributed by atoms with Crippen LogP contribution in [0.2, 0.25) is 0 Å². The summed E-state index contributed by atoms with van der Waals surface area (Å²) in [4.78, 5) is 24.4. The first-order valence-corrected chi connectivity index (χ1v) is 8.23. The minimum Gasteiger partial charge on any atom is -0.351 e. The van der Waals surface area contributed by atoms with Crippen molar-refractivity contribution in [2.24, 2.45) is 4.99 Å². The summed E-state index contributed by atoms with van der Waals surface area (Å²) >= 11 is 0. The third kappa shape index (κ3) is 4.59. The fourth-order valence-corrected chi connectivity index (χ4v) is 3.05. The zero-order chi connectivity index (χ0) is 16.9. The van der Waals surface area contributed by atoms with Crippen LogP contribution >= 0.6 is 24.0 Å². The number of benzene rings is 1. The van der Waals surface area contributed by atoms with Crippen LogP contribution in [-0.2, 0) is 11.3 Å². The van der Waals surface area contributed by atoms with Crippen LogP contribution in [0.15, 0.2) is 41.5 Å². The minimum absolute atomic E-state index is 0. The molecular formula is C18H24IN5O. The lowest BCUT2D eigenvalue weighted by Gasteiger charge is -2.36. The minimum atomic E-state index is 0. The van der Waals surface area contributed by atoms with Gasteiger partial charge in [0.1, 0.15) is 0 Å². The Morgan fingerprint density at radius 3 is 2.52 bits per heavy atom. The molecule has 0 aliphatic carbocycles. The molecule has 0 atom stereocenters. The van der Waals surface area contributed by atoms with Crippen molar-refractivity contribution in [3.8, 4) is 0 Å². The number of aromatic nitrogens is 1. The molecule has 0 unspecified atom stereocenters. The normalized spacial score (nSPS) is 15.0. The number of rotatable bonds is 2.